The van der Waals surface area contributed by atoms with Gasteiger partial charge in [0.25, 0.3) is 0 Å². The summed E-state index contributed by atoms with van der Waals surface area (Å²) in [7, 11) is 1.31. The van der Waals surface area contributed by atoms with E-state index >= 15 is 0 Å². The quantitative estimate of drug-likeness (QED) is 0.255. The number of carbonyl (C=O) groups excluding carboxylic acids is 2. The van der Waals surface area contributed by atoms with Gasteiger partial charge >= 0.3 is 5.97 Å². The van der Waals surface area contributed by atoms with Crippen molar-refractivity contribution < 1.29 is 14.3 Å². The minimum absolute atomic E-state index is 0.0201. The Balaban J connectivity index is 3.97. The Morgan fingerprint density at radius 3 is 2.41 bits per heavy atom. The number of allylic oxidation sites excluding steroid dienone is 1. The van der Waals surface area contributed by atoms with Gasteiger partial charge in [-0.3, -0.25) is 9.59 Å². The summed E-state index contributed by atoms with van der Waals surface area (Å²) >= 11 is 0. The van der Waals surface area contributed by atoms with Crippen LogP contribution < -0.4 is 0 Å². The number of ether oxygens (including phenoxy) is 1. The zero-order valence-corrected chi connectivity index (χ0v) is 11.0. The maximum absolute atomic E-state index is 11.8. The van der Waals surface area contributed by atoms with Crippen LogP contribution in [-0.2, 0) is 14.3 Å². The highest BCUT2D eigenvalue weighted by atomic mass is 16.5. The fourth-order valence-corrected chi connectivity index (χ4v) is 1.75. The Morgan fingerprint density at radius 2 is 1.88 bits per heavy atom. The van der Waals surface area contributed by atoms with Crippen LogP contribution in [0.5, 0.6) is 0 Å². The lowest BCUT2D eigenvalue weighted by molar-refractivity contribution is -0.149. The Bertz CT molecular complexity index is 246. The smallest absolute Gasteiger partial charge is 0.316 e. The standard InChI is InChI=1S/C14H24O3/c1-4-6-7-8-9-11-13(15)12(10-5-2)14(16)17-3/h5,12H,2,4,6-11H2,1,3H3. The average Bonchev–Trinajstić information content (AvgIpc) is 2.34. The van der Waals surface area contributed by atoms with Crippen LogP contribution >= 0.6 is 0 Å². The van der Waals surface area contributed by atoms with Crippen molar-refractivity contribution in [3.63, 3.8) is 0 Å². The third-order valence-corrected chi connectivity index (χ3v) is 2.80. The second-order valence-electron chi connectivity index (χ2n) is 4.23. The molecule has 1 atom stereocenters. The molecule has 0 aromatic carbocycles. The number of unbranched alkanes of at least 4 members (excludes halogenated alkanes) is 4. The van der Waals surface area contributed by atoms with Crippen molar-refractivity contribution in [3.8, 4) is 0 Å². The summed E-state index contributed by atoms with van der Waals surface area (Å²) in [6.07, 6.45) is 7.92. The van der Waals surface area contributed by atoms with Gasteiger partial charge in [-0.1, -0.05) is 38.7 Å². The maximum atomic E-state index is 11.8. The van der Waals surface area contributed by atoms with Gasteiger partial charge in [-0.2, -0.15) is 0 Å². The molecule has 0 aliphatic heterocycles. The summed E-state index contributed by atoms with van der Waals surface area (Å²) in [5.74, 6) is -1.11. The molecule has 0 N–H and O–H groups in total. The fraction of sp³-hybridized carbons (Fsp3) is 0.714. The van der Waals surface area contributed by atoms with Crippen molar-refractivity contribution in [1.82, 2.24) is 0 Å². The molecule has 0 radical (unpaired) electrons. The Labute approximate surface area is 104 Å². The molecule has 17 heavy (non-hydrogen) atoms. The van der Waals surface area contributed by atoms with E-state index in [2.05, 4.69) is 18.2 Å². The molecule has 1 unspecified atom stereocenters. The van der Waals surface area contributed by atoms with Gasteiger partial charge in [0, 0.05) is 6.42 Å². The second-order valence-corrected chi connectivity index (χ2v) is 4.23. The number of esters is 1. The average molecular weight is 240 g/mol. The van der Waals surface area contributed by atoms with E-state index < -0.39 is 11.9 Å². The minimum Gasteiger partial charge on any atom is -0.468 e. The molecule has 0 rings (SSSR count). The molecular formula is C14H24O3. The summed E-state index contributed by atoms with van der Waals surface area (Å²) in [5.41, 5.74) is 0. The third-order valence-electron chi connectivity index (χ3n) is 2.80. The Kier molecular flexibility index (Phi) is 9.40. The Hall–Kier alpha value is -1.12. The number of hydrogen-bond acceptors (Lipinski definition) is 3. The molecule has 0 fully saturated rings. The first-order valence-corrected chi connectivity index (χ1v) is 6.38. The molecule has 0 heterocycles. The molecule has 0 spiro atoms. The third kappa shape index (κ3) is 6.93. The lowest BCUT2D eigenvalue weighted by atomic mass is 9.96. The maximum Gasteiger partial charge on any atom is 0.316 e. The van der Waals surface area contributed by atoms with Gasteiger partial charge in [0.1, 0.15) is 11.7 Å². The predicted octanol–water partition coefficient (Wildman–Crippen LogP) is 3.28. The highest BCUT2D eigenvalue weighted by Gasteiger charge is 2.25. The van der Waals surface area contributed by atoms with Crippen molar-refractivity contribution in [3.05, 3.63) is 12.7 Å². The van der Waals surface area contributed by atoms with Crippen molar-refractivity contribution >= 4 is 11.8 Å². The lowest BCUT2D eigenvalue weighted by Crippen LogP contribution is -2.24. The number of rotatable bonds is 10. The molecule has 3 heteroatoms. The van der Waals surface area contributed by atoms with Crippen LogP contribution in [0.3, 0.4) is 0 Å². The number of carbonyl (C=O) groups is 2. The van der Waals surface area contributed by atoms with Crippen LogP contribution in [0.2, 0.25) is 0 Å². The molecule has 98 valence electrons. The highest BCUT2D eigenvalue weighted by molar-refractivity contribution is 5.99. The number of Topliss-reactive ketones (excluding diaryl/α,β-unsaturated/α-hetero) is 1. The zero-order chi connectivity index (χ0) is 13.1. The second kappa shape index (κ2) is 10.1. The van der Waals surface area contributed by atoms with E-state index in [-0.39, 0.29) is 5.78 Å². The molecule has 0 aliphatic rings. The predicted molar refractivity (Wildman–Crippen MR) is 68.7 cm³/mol. The summed E-state index contributed by atoms with van der Waals surface area (Å²) in [4.78, 5) is 23.2. The van der Waals surface area contributed by atoms with Gasteiger partial charge in [0.2, 0.25) is 0 Å². The molecule has 3 nitrogen and oxygen atoms in total. The van der Waals surface area contributed by atoms with E-state index in [9.17, 15) is 9.59 Å². The van der Waals surface area contributed by atoms with E-state index in [1.54, 1.807) is 6.08 Å². The van der Waals surface area contributed by atoms with Crippen LogP contribution in [0.25, 0.3) is 0 Å². The molecule has 0 aliphatic carbocycles. The molecule has 0 saturated heterocycles. The van der Waals surface area contributed by atoms with Crippen LogP contribution in [0.1, 0.15) is 51.9 Å². The number of ketones is 1. The SMILES string of the molecule is C=CCC(C(=O)CCCCCCC)C(=O)OC. The molecule has 0 aromatic rings. The normalized spacial score (nSPS) is 11.9. The molecule has 0 saturated carbocycles. The van der Waals surface area contributed by atoms with E-state index in [1.807, 2.05) is 0 Å². The van der Waals surface area contributed by atoms with E-state index in [0.717, 1.165) is 19.3 Å². The van der Waals surface area contributed by atoms with Crippen LogP contribution in [0, 0.1) is 5.92 Å². The molecule has 0 amide bonds. The Morgan fingerprint density at radius 1 is 1.24 bits per heavy atom. The topological polar surface area (TPSA) is 43.4 Å². The van der Waals surface area contributed by atoms with Crippen molar-refractivity contribution in [2.75, 3.05) is 7.11 Å². The van der Waals surface area contributed by atoms with Crippen LogP contribution in [0.4, 0.5) is 0 Å². The van der Waals surface area contributed by atoms with Gasteiger partial charge in [-0.15, -0.1) is 6.58 Å². The van der Waals surface area contributed by atoms with Gasteiger partial charge in [-0.25, -0.2) is 0 Å². The van der Waals surface area contributed by atoms with E-state index in [0.29, 0.717) is 12.8 Å². The summed E-state index contributed by atoms with van der Waals surface area (Å²) in [6, 6.07) is 0. The minimum atomic E-state index is -0.649. The first-order valence-electron chi connectivity index (χ1n) is 6.38. The summed E-state index contributed by atoms with van der Waals surface area (Å²) in [5, 5.41) is 0. The monoisotopic (exact) mass is 240 g/mol. The largest absolute Gasteiger partial charge is 0.468 e. The van der Waals surface area contributed by atoms with Crippen LogP contribution in [0.15, 0.2) is 12.7 Å². The van der Waals surface area contributed by atoms with Gasteiger partial charge < -0.3 is 4.74 Å². The lowest BCUT2D eigenvalue weighted by Gasteiger charge is -2.11. The molecular weight excluding hydrogens is 216 g/mol. The van der Waals surface area contributed by atoms with Crippen molar-refractivity contribution in [1.29, 1.82) is 0 Å². The molecule has 0 aromatic heterocycles. The first-order chi connectivity index (χ1) is 8.17. The van der Waals surface area contributed by atoms with Crippen molar-refractivity contribution in [2.45, 2.75) is 51.9 Å². The van der Waals surface area contributed by atoms with E-state index in [4.69, 9.17) is 0 Å². The van der Waals surface area contributed by atoms with Gasteiger partial charge in [-0.05, 0) is 12.8 Å². The summed E-state index contributed by atoms with van der Waals surface area (Å²) in [6.45, 7) is 5.72. The number of methoxy groups -OCH3 is 1. The van der Waals surface area contributed by atoms with E-state index in [1.165, 1.54) is 20.0 Å². The van der Waals surface area contributed by atoms with Gasteiger partial charge in [0.15, 0.2) is 0 Å². The first kappa shape index (κ1) is 15.9. The van der Waals surface area contributed by atoms with Gasteiger partial charge in [0.05, 0.1) is 7.11 Å². The molecule has 0 bridgehead atoms. The van der Waals surface area contributed by atoms with Crippen molar-refractivity contribution in [2.24, 2.45) is 5.92 Å². The number of hydrogen-bond donors (Lipinski definition) is 0. The summed E-state index contributed by atoms with van der Waals surface area (Å²) < 4.78 is 4.62. The highest BCUT2D eigenvalue weighted by Crippen LogP contribution is 2.14. The fourth-order valence-electron chi connectivity index (χ4n) is 1.75. The zero-order valence-electron chi connectivity index (χ0n) is 11.0. The van der Waals surface area contributed by atoms with Crippen LogP contribution in [-0.4, -0.2) is 18.9 Å².